The Hall–Kier alpha value is -1.81. The molecule has 1 amide bonds. The van der Waals surface area contributed by atoms with Gasteiger partial charge in [0.25, 0.3) is 0 Å². The third kappa shape index (κ3) is 3.39. The van der Waals surface area contributed by atoms with Crippen LogP contribution in [-0.4, -0.2) is 24.2 Å². The second kappa shape index (κ2) is 5.67. The Balaban J connectivity index is 2.03. The summed E-state index contributed by atoms with van der Waals surface area (Å²) in [5.74, 6) is -0.0604. The molecular formula is C16H21NO3. The number of fused-ring (bicyclic) bond motifs is 1. The molecule has 2 rings (SSSR count). The number of furan rings is 1. The van der Waals surface area contributed by atoms with E-state index >= 15 is 0 Å². The molecule has 108 valence electrons. The van der Waals surface area contributed by atoms with E-state index in [1.807, 2.05) is 39.0 Å². The first kappa shape index (κ1) is 14.6. The molecule has 0 saturated carbocycles. The normalized spacial score (nSPS) is 11.8. The van der Waals surface area contributed by atoms with Crippen LogP contribution < -0.4 is 5.32 Å². The van der Waals surface area contributed by atoms with Crippen LogP contribution in [0.2, 0.25) is 0 Å². The van der Waals surface area contributed by atoms with Gasteiger partial charge in [-0.15, -0.1) is 0 Å². The summed E-state index contributed by atoms with van der Waals surface area (Å²) in [5, 5.41) is 13.0. The van der Waals surface area contributed by atoms with E-state index in [0.717, 1.165) is 22.1 Å². The fourth-order valence-electron chi connectivity index (χ4n) is 1.96. The Morgan fingerprint density at radius 2 is 2.15 bits per heavy atom. The van der Waals surface area contributed by atoms with E-state index in [0.29, 0.717) is 6.54 Å². The number of aliphatic hydroxyl groups is 1. The molecule has 1 aromatic carbocycles. The van der Waals surface area contributed by atoms with Gasteiger partial charge in [-0.2, -0.15) is 0 Å². The largest absolute Gasteiger partial charge is 0.464 e. The lowest BCUT2D eigenvalue weighted by atomic mass is 9.95. The Bertz CT molecular complexity index is 613. The van der Waals surface area contributed by atoms with Crippen LogP contribution in [0, 0.1) is 12.3 Å². The van der Waals surface area contributed by atoms with Crippen molar-refractivity contribution in [3.8, 4) is 0 Å². The lowest BCUT2D eigenvalue weighted by Gasteiger charge is -2.21. The monoisotopic (exact) mass is 275 g/mol. The molecule has 0 bridgehead atoms. The van der Waals surface area contributed by atoms with Gasteiger partial charge in [-0.25, -0.2) is 0 Å². The van der Waals surface area contributed by atoms with Crippen LogP contribution in [0.15, 0.2) is 28.9 Å². The third-order valence-corrected chi connectivity index (χ3v) is 3.35. The zero-order chi connectivity index (χ0) is 14.8. The van der Waals surface area contributed by atoms with Crippen molar-refractivity contribution < 1.29 is 14.3 Å². The molecule has 2 aromatic rings. The van der Waals surface area contributed by atoms with Gasteiger partial charge in [-0.05, 0) is 18.6 Å². The standard InChI is InChI=1S/C16H21NO3/c1-11-4-5-13-12(8-20-14(13)6-11)7-15(19)17-9-16(2,3)10-18/h4-6,8,18H,7,9-10H2,1-3H3,(H,17,19). The minimum Gasteiger partial charge on any atom is -0.464 e. The number of nitrogens with one attached hydrogen (secondary N) is 1. The summed E-state index contributed by atoms with van der Waals surface area (Å²) in [6, 6.07) is 5.95. The molecule has 0 atom stereocenters. The fraction of sp³-hybridized carbons (Fsp3) is 0.438. The number of carbonyl (C=O) groups is 1. The van der Waals surface area contributed by atoms with E-state index in [2.05, 4.69) is 5.32 Å². The van der Waals surface area contributed by atoms with E-state index in [9.17, 15) is 4.79 Å². The van der Waals surface area contributed by atoms with Gasteiger partial charge in [0, 0.05) is 29.5 Å². The summed E-state index contributed by atoms with van der Waals surface area (Å²) >= 11 is 0. The molecule has 4 nitrogen and oxygen atoms in total. The average Bonchev–Trinajstić information content (AvgIpc) is 2.79. The lowest BCUT2D eigenvalue weighted by Crippen LogP contribution is -2.36. The predicted octanol–water partition coefficient (Wildman–Crippen LogP) is 2.42. The van der Waals surface area contributed by atoms with E-state index in [1.54, 1.807) is 6.26 Å². The maximum atomic E-state index is 11.9. The van der Waals surface area contributed by atoms with Gasteiger partial charge < -0.3 is 14.8 Å². The molecule has 0 radical (unpaired) electrons. The highest BCUT2D eigenvalue weighted by molar-refractivity contribution is 5.87. The van der Waals surface area contributed by atoms with Crippen LogP contribution in [0.3, 0.4) is 0 Å². The number of amides is 1. The number of carbonyl (C=O) groups excluding carboxylic acids is 1. The maximum absolute atomic E-state index is 11.9. The smallest absolute Gasteiger partial charge is 0.224 e. The van der Waals surface area contributed by atoms with Crippen LogP contribution in [0.5, 0.6) is 0 Å². The minimum atomic E-state index is -0.300. The first-order valence-electron chi connectivity index (χ1n) is 6.75. The molecule has 20 heavy (non-hydrogen) atoms. The molecule has 0 aliphatic heterocycles. The number of hydrogen-bond acceptors (Lipinski definition) is 3. The molecule has 0 unspecified atom stereocenters. The summed E-state index contributed by atoms with van der Waals surface area (Å²) in [6.45, 7) is 6.32. The van der Waals surface area contributed by atoms with Crippen LogP contribution >= 0.6 is 0 Å². The van der Waals surface area contributed by atoms with Gasteiger partial charge in [0.2, 0.25) is 5.91 Å². The van der Waals surface area contributed by atoms with Crippen molar-refractivity contribution in [3.05, 3.63) is 35.6 Å². The maximum Gasteiger partial charge on any atom is 0.224 e. The summed E-state index contributed by atoms with van der Waals surface area (Å²) in [6.07, 6.45) is 1.93. The van der Waals surface area contributed by atoms with Crippen molar-refractivity contribution >= 4 is 16.9 Å². The Labute approximate surface area is 118 Å². The van der Waals surface area contributed by atoms with Crippen molar-refractivity contribution in [3.63, 3.8) is 0 Å². The van der Waals surface area contributed by atoms with E-state index in [-0.39, 0.29) is 24.3 Å². The highest BCUT2D eigenvalue weighted by Gasteiger charge is 2.18. The molecule has 0 aliphatic carbocycles. The molecular weight excluding hydrogens is 254 g/mol. The number of hydrogen-bond donors (Lipinski definition) is 2. The number of benzene rings is 1. The van der Waals surface area contributed by atoms with Gasteiger partial charge in [0.15, 0.2) is 0 Å². The van der Waals surface area contributed by atoms with Gasteiger partial charge in [-0.1, -0.05) is 26.0 Å². The molecule has 0 spiro atoms. The Morgan fingerprint density at radius 3 is 2.85 bits per heavy atom. The van der Waals surface area contributed by atoms with Crippen molar-refractivity contribution in [2.24, 2.45) is 5.41 Å². The van der Waals surface area contributed by atoms with Crippen molar-refractivity contribution in [2.75, 3.05) is 13.2 Å². The zero-order valence-electron chi connectivity index (χ0n) is 12.2. The summed E-state index contributed by atoms with van der Waals surface area (Å²) in [7, 11) is 0. The minimum absolute atomic E-state index is 0.0429. The Morgan fingerprint density at radius 1 is 1.40 bits per heavy atom. The van der Waals surface area contributed by atoms with Gasteiger partial charge >= 0.3 is 0 Å². The zero-order valence-corrected chi connectivity index (χ0v) is 12.2. The van der Waals surface area contributed by atoms with Gasteiger partial charge in [0.1, 0.15) is 5.58 Å². The van der Waals surface area contributed by atoms with Crippen LogP contribution in [0.25, 0.3) is 11.0 Å². The summed E-state index contributed by atoms with van der Waals surface area (Å²) in [4.78, 5) is 11.9. The summed E-state index contributed by atoms with van der Waals surface area (Å²) in [5.41, 5.74) is 2.53. The molecule has 1 heterocycles. The fourth-order valence-corrected chi connectivity index (χ4v) is 1.96. The average molecular weight is 275 g/mol. The molecule has 1 aromatic heterocycles. The number of rotatable bonds is 5. The van der Waals surface area contributed by atoms with Crippen molar-refractivity contribution in [1.82, 2.24) is 5.32 Å². The van der Waals surface area contributed by atoms with E-state index < -0.39 is 0 Å². The van der Waals surface area contributed by atoms with Gasteiger partial charge in [0.05, 0.1) is 12.7 Å². The second-order valence-electron chi connectivity index (χ2n) is 6.04. The Kier molecular flexibility index (Phi) is 4.14. The quantitative estimate of drug-likeness (QED) is 0.881. The molecule has 2 N–H and O–H groups in total. The molecule has 0 fully saturated rings. The number of aliphatic hydroxyl groups excluding tert-OH is 1. The van der Waals surface area contributed by atoms with Crippen LogP contribution in [0.1, 0.15) is 25.0 Å². The highest BCUT2D eigenvalue weighted by atomic mass is 16.3. The second-order valence-corrected chi connectivity index (χ2v) is 6.04. The molecule has 4 heteroatoms. The van der Waals surface area contributed by atoms with E-state index in [1.165, 1.54) is 0 Å². The predicted molar refractivity (Wildman–Crippen MR) is 78.5 cm³/mol. The molecule has 0 aliphatic rings. The summed E-state index contributed by atoms with van der Waals surface area (Å²) < 4.78 is 5.48. The van der Waals surface area contributed by atoms with Crippen molar-refractivity contribution in [2.45, 2.75) is 27.2 Å². The highest BCUT2D eigenvalue weighted by Crippen LogP contribution is 2.22. The first-order chi connectivity index (χ1) is 9.41. The lowest BCUT2D eigenvalue weighted by molar-refractivity contribution is -0.121. The third-order valence-electron chi connectivity index (χ3n) is 3.35. The van der Waals surface area contributed by atoms with E-state index in [4.69, 9.17) is 9.52 Å². The van der Waals surface area contributed by atoms with Crippen LogP contribution in [-0.2, 0) is 11.2 Å². The molecule has 0 saturated heterocycles. The topological polar surface area (TPSA) is 62.5 Å². The first-order valence-corrected chi connectivity index (χ1v) is 6.75. The van der Waals surface area contributed by atoms with Crippen molar-refractivity contribution in [1.29, 1.82) is 0 Å². The number of aryl methyl sites for hydroxylation is 1. The SMILES string of the molecule is Cc1ccc2c(CC(=O)NCC(C)(C)CO)coc2c1. The van der Waals surface area contributed by atoms with Gasteiger partial charge in [-0.3, -0.25) is 4.79 Å². The van der Waals surface area contributed by atoms with Crippen LogP contribution in [0.4, 0.5) is 0 Å².